The van der Waals surface area contributed by atoms with Gasteiger partial charge in [-0.2, -0.15) is 0 Å². The van der Waals surface area contributed by atoms with E-state index in [1.807, 2.05) is 24.5 Å². The number of rotatable bonds is 6. The van der Waals surface area contributed by atoms with E-state index in [1.165, 1.54) is 0 Å². The number of nitrogens with two attached hydrogens (primary N) is 1. The third-order valence-electron chi connectivity index (χ3n) is 2.65. The summed E-state index contributed by atoms with van der Waals surface area (Å²) in [6, 6.07) is 5.85. The average molecular weight is 297 g/mol. The topological polar surface area (TPSA) is 58.4 Å². The van der Waals surface area contributed by atoms with Gasteiger partial charge in [0.1, 0.15) is 4.99 Å². The fourth-order valence-electron chi connectivity index (χ4n) is 1.63. The van der Waals surface area contributed by atoms with Gasteiger partial charge in [0.15, 0.2) is 0 Å². The van der Waals surface area contributed by atoms with Crippen molar-refractivity contribution in [3.63, 3.8) is 0 Å². The summed E-state index contributed by atoms with van der Waals surface area (Å²) >= 11 is 6.70. The number of carbonyl (C=O) groups excluding carboxylic acids is 1. The normalized spacial score (nSPS) is 10.1. The van der Waals surface area contributed by atoms with E-state index in [9.17, 15) is 4.79 Å². The van der Waals surface area contributed by atoms with Crippen molar-refractivity contribution in [2.75, 3.05) is 32.2 Å². The maximum Gasteiger partial charge on any atom is 0.223 e. The van der Waals surface area contributed by atoms with E-state index in [0.29, 0.717) is 18.0 Å². The first kappa shape index (κ1) is 15.8. The summed E-state index contributed by atoms with van der Waals surface area (Å²) < 4.78 is 0. The zero-order valence-corrected chi connectivity index (χ0v) is 13.0. The van der Waals surface area contributed by atoms with Crippen molar-refractivity contribution in [3.05, 3.63) is 23.8 Å². The number of carbonyl (C=O) groups is 1. The number of thiocarbonyl (C=S) groups is 1. The zero-order chi connectivity index (χ0) is 14.4. The molecule has 1 amide bonds. The molecule has 0 aliphatic carbocycles. The van der Waals surface area contributed by atoms with E-state index in [0.717, 1.165) is 16.1 Å². The van der Waals surface area contributed by atoms with Gasteiger partial charge in [-0.1, -0.05) is 18.3 Å². The number of anilines is 1. The molecule has 0 heterocycles. The molecular formula is C13H19N3OS2. The molecule has 1 aromatic rings. The molecule has 0 spiro atoms. The Hall–Kier alpha value is -1.27. The molecule has 0 aliphatic rings. The zero-order valence-electron chi connectivity index (χ0n) is 11.4. The Labute approximate surface area is 123 Å². The largest absolute Gasteiger partial charge is 0.389 e. The van der Waals surface area contributed by atoms with Crippen LogP contribution < -0.4 is 11.1 Å². The summed E-state index contributed by atoms with van der Waals surface area (Å²) in [5.74, 6) is 0.0883. The Bertz CT molecular complexity index is 475. The summed E-state index contributed by atoms with van der Waals surface area (Å²) in [7, 11) is 3.49. The predicted molar refractivity (Wildman–Crippen MR) is 85.9 cm³/mol. The maximum atomic E-state index is 11.5. The average Bonchev–Trinajstić information content (AvgIpc) is 2.37. The van der Waals surface area contributed by atoms with Crippen molar-refractivity contribution in [1.82, 2.24) is 4.90 Å². The lowest BCUT2D eigenvalue weighted by atomic mass is 10.1. The minimum absolute atomic E-state index is 0.0883. The number of benzene rings is 1. The fourth-order valence-corrected chi connectivity index (χ4v) is 2.55. The molecular weight excluding hydrogens is 278 g/mol. The smallest absolute Gasteiger partial charge is 0.223 e. The van der Waals surface area contributed by atoms with Crippen LogP contribution in [-0.2, 0) is 4.79 Å². The van der Waals surface area contributed by atoms with Gasteiger partial charge in [-0.05, 0) is 18.4 Å². The molecule has 0 aromatic heterocycles. The van der Waals surface area contributed by atoms with E-state index in [-0.39, 0.29) is 5.91 Å². The second-order valence-corrected chi connectivity index (χ2v) is 5.50. The summed E-state index contributed by atoms with van der Waals surface area (Å²) in [6.07, 6.45) is 2.42. The molecule has 0 saturated carbocycles. The van der Waals surface area contributed by atoms with Gasteiger partial charge in [0, 0.05) is 43.2 Å². The molecule has 0 fully saturated rings. The molecule has 19 heavy (non-hydrogen) atoms. The lowest BCUT2D eigenvalue weighted by molar-refractivity contribution is -0.128. The Morgan fingerprint density at radius 3 is 2.68 bits per heavy atom. The SMILES string of the molecule is CSc1cccc(NCCC(=O)N(C)C)c1C(N)=S. The highest BCUT2D eigenvalue weighted by atomic mass is 32.2. The molecule has 0 atom stereocenters. The monoisotopic (exact) mass is 297 g/mol. The first-order valence-electron chi connectivity index (χ1n) is 5.88. The van der Waals surface area contributed by atoms with Gasteiger partial charge in [0.2, 0.25) is 5.91 Å². The molecule has 3 N–H and O–H groups in total. The van der Waals surface area contributed by atoms with Crippen molar-refractivity contribution in [2.45, 2.75) is 11.3 Å². The highest BCUT2D eigenvalue weighted by Crippen LogP contribution is 2.27. The lowest BCUT2D eigenvalue weighted by Gasteiger charge is -2.15. The van der Waals surface area contributed by atoms with Crippen LogP contribution in [0.25, 0.3) is 0 Å². The number of nitrogens with one attached hydrogen (secondary N) is 1. The number of hydrogen-bond acceptors (Lipinski definition) is 4. The van der Waals surface area contributed by atoms with Gasteiger partial charge in [-0.3, -0.25) is 4.79 Å². The van der Waals surface area contributed by atoms with E-state index in [2.05, 4.69) is 5.32 Å². The van der Waals surface area contributed by atoms with Crippen LogP contribution in [0.4, 0.5) is 5.69 Å². The molecule has 0 unspecified atom stereocenters. The van der Waals surface area contributed by atoms with Crippen LogP contribution in [0, 0.1) is 0 Å². The Balaban J connectivity index is 2.78. The van der Waals surface area contributed by atoms with Gasteiger partial charge < -0.3 is 16.0 Å². The van der Waals surface area contributed by atoms with Crippen LogP contribution in [0.15, 0.2) is 23.1 Å². The van der Waals surface area contributed by atoms with Crippen LogP contribution in [0.3, 0.4) is 0 Å². The molecule has 0 radical (unpaired) electrons. The highest BCUT2D eigenvalue weighted by Gasteiger charge is 2.11. The molecule has 0 saturated heterocycles. The third-order valence-corrected chi connectivity index (χ3v) is 3.63. The van der Waals surface area contributed by atoms with Crippen LogP contribution in [-0.4, -0.2) is 42.7 Å². The fraction of sp³-hybridized carbons (Fsp3) is 0.385. The standard InChI is InChI=1S/C13H19N3OS2/c1-16(2)11(17)7-8-15-9-5-4-6-10(19-3)12(9)13(14)18/h4-6,15H,7-8H2,1-3H3,(H2,14,18). The quantitative estimate of drug-likeness (QED) is 0.621. The van der Waals surface area contributed by atoms with Gasteiger partial charge in [-0.25, -0.2) is 0 Å². The van der Waals surface area contributed by atoms with Crippen LogP contribution in [0.5, 0.6) is 0 Å². The molecule has 6 heteroatoms. The molecule has 0 bridgehead atoms. The first-order valence-corrected chi connectivity index (χ1v) is 7.51. The summed E-state index contributed by atoms with van der Waals surface area (Å²) in [5.41, 5.74) is 7.50. The van der Waals surface area contributed by atoms with Gasteiger partial charge in [-0.15, -0.1) is 11.8 Å². The van der Waals surface area contributed by atoms with E-state index in [1.54, 1.807) is 30.8 Å². The van der Waals surface area contributed by atoms with Gasteiger partial charge in [0.05, 0.1) is 0 Å². The lowest BCUT2D eigenvalue weighted by Crippen LogP contribution is -2.24. The van der Waals surface area contributed by atoms with Gasteiger partial charge in [0.25, 0.3) is 0 Å². The molecule has 4 nitrogen and oxygen atoms in total. The maximum absolute atomic E-state index is 11.5. The van der Waals surface area contributed by atoms with Crippen molar-refractivity contribution in [2.24, 2.45) is 5.73 Å². The van der Waals surface area contributed by atoms with Crippen LogP contribution in [0.2, 0.25) is 0 Å². The van der Waals surface area contributed by atoms with E-state index < -0.39 is 0 Å². The summed E-state index contributed by atoms with van der Waals surface area (Å²) in [5, 5.41) is 3.23. The Morgan fingerprint density at radius 1 is 1.47 bits per heavy atom. The number of nitrogens with zero attached hydrogens (tertiary/aromatic N) is 1. The summed E-state index contributed by atoms with van der Waals surface area (Å²) in [4.78, 5) is 14.5. The van der Waals surface area contributed by atoms with E-state index >= 15 is 0 Å². The first-order chi connectivity index (χ1) is 8.97. The number of amides is 1. The minimum Gasteiger partial charge on any atom is -0.389 e. The Kier molecular flexibility index (Phi) is 6.11. The summed E-state index contributed by atoms with van der Waals surface area (Å²) in [6.45, 7) is 0.560. The van der Waals surface area contributed by atoms with E-state index in [4.69, 9.17) is 18.0 Å². The van der Waals surface area contributed by atoms with Gasteiger partial charge >= 0.3 is 0 Å². The number of thioether (sulfide) groups is 1. The number of hydrogen-bond donors (Lipinski definition) is 2. The molecule has 1 rings (SSSR count). The second kappa shape index (κ2) is 7.35. The van der Waals surface area contributed by atoms with Crippen molar-refractivity contribution < 1.29 is 4.79 Å². The van der Waals surface area contributed by atoms with Crippen LogP contribution in [0.1, 0.15) is 12.0 Å². The molecule has 1 aromatic carbocycles. The molecule has 104 valence electrons. The van der Waals surface area contributed by atoms with Crippen molar-refractivity contribution >= 4 is 40.6 Å². The minimum atomic E-state index is 0.0883. The third kappa shape index (κ3) is 4.40. The van der Waals surface area contributed by atoms with Crippen molar-refractivity contribution in [1.29, 1.82) is 0 Å². The second-order valence-electron chi connectivity index (χ2n) is 4.21. The van der Waals surface area contributed by atoms with Crippen molar-refractivity contribution in [3.8, 4) is 0 Å². The molecule has 0 aliphatic heterocycles. The predicted octanol–water partition coefficient (Wildman–Crippen LogP) is 1.93. The highest BCUT2D eigenvalue weighted by molar-refractivity contribution is 7.98. The Morgan fingerprint density at radius 2 is 2.16 bits per heavy atom. The van der Waals surface area contributed by atoms with Crippen LogP contribution >= 0.6 is 24.0 Å².